The third kappa shape index (κ3) is 15.8. The Bertz CT molecular complexity index is 2190. The van der Waals surface area contributed by atoms with Gasteiger partial charge in [-0.15, -0.1) is 0 Å². The number of nitrogens with two attached hydrogens (primary N) is 2. The Morgan fingerprint density at radius 1 is 0.330 bits per heavy atom. The number of hydrogen-bond acceptors (Lipinski definition) is 38. The van der Waals surface area contributed by atoms with Gasteiger partial charge in [0.15, 0.2) is 44.0 Å². The van der Waals surface area contributed by atoms with Crippen molar-refractivity contribution in [2.24, 2.45) is 11.5 Å². The van der Waals surface area contributed by atoms with Crippen molar-refractivity contribution in [1.82, 2.24) is 0 Å². The van der Waals surface area contributed by atoms with E-state index in [4.69, 9.17) is 77.8 Å². The van der Waals surface area contributed by atoms with E-state index in [0.717, 1.165) is 23.5 Å². The van der Waals surface area contributed by atoms with Gasteiger partial charge >= 0.3 is 11.9 Å². The van der Waals surface area contributed by atoms with E-state index in [1.165, 1.54) is 0 Å². The van der Waals surface area contributed by atoms with Crippen LogP contribution < -0.4 is 11.5 Å². The first-order chi connectivity index (χ1) is 41.8. The number of ether oxygens (including phenoxy) is 14. The molecule has 0 amide bonds. The minimum absolute atomic E-state index is 0.222. The molecule has 0 aliphatic carbocycles. The number of carboxylic acids is 2. The molecule has 21 saturated heterocycles. The van der Waals surface area contributed by atoms with Crippen molar-refractivity contribution >= 4 is 35.5 Å². The molecule has 0 aromatic carbocycles. The average molecular weight is 1330 g/mol. The zero-order valence-corrected chi connectivity index (χ0v) is 47.9. The maximum absolute atomic E-state index is 11.7. The molecule has 24 N–H and O–H groups in total. The second kappa shape index (κ2) is 31.7. The number of aliphatic hydroxyl groups is 18. The predicted octanol–water partition coefficient (Wildman–Crippen LogP) is -13.9. The maximum atomic E-state index is 11.7. The first kappa shape index (κ1) is 72.1. The van der Waals surface area contributed by atoms with Crippen LogP contribution in [-0.2, 0) is 75.9 Å². The van der Waals surface area contributed by atoms with E-state index in [1.807, 2.05) is 0 Å². The SMILES string of the molecule is NC(CSCC1O[C@@H]2O[C@@H]3C(CO)O[C@@H](O[C@@H]4C(CO)O[C@@H](O[C@H]5CC(O)[C@@H](OC5CSC[C@@H](N)C(=O)O)O[C@@H]5C(CO)O[C@H](O[C@@H]6C(CO)O[C@H](O[C@@H]7C(CO)O[C@H](O[C@H]1[C@H](O)C2O)C(O)[C@H]7O)C(O)C6O)C(O)C5O)C(O)C4O)C(O)C3O)C(=O)O. The fraction of sp³-hybridized carbons (Fsp3) is 0.958. The van der Waals surface area contributed by atoms with Crippen LogP contribution in [0.15, 0.2) is 0 Å². The number of aliphatic hydroxyl groups excluding tert-OH is 18. The zero-order chi connectivity index (χ0) is 64.3. The molecule has 0 saturated carbocycles. The topological polar surface area (TPSA) is 620 Å². The highest BCUT2D eigenvalue weighted by molar-refractivity contribution is 7.99. The summed E-state index contributed by atoms with van der Waals surface area (Å²) in [4.78, 5) is 23.2. The summed E-state index contributed by atoms with van der Waals surface area (Å²) in [7, 11) is 0. The van der Waals surface area contributed by atoms with E-state index < -0.39 is 272 Å². The van der Waals surface area contributed by atoms with E-state index in [2.05, 4.69) is 0 Å². The summed E-state index contributed by atoms with van der Waals surface area (Å²) in [6.07, 6.45) is -66.8. The summed E-state index contributed by atoms with van der Waals surface area (Å²) in [5, 5.41) is 221. The second-order valence-corrected chi connectivity index (χ2v) is 24.3. The van der Waals surface area contributed by atoms with Gasteiger partial charge < -0.3 is 180 Å². The Labute approximate surface area is 507 Å². The predicted molar refractivity (Wildman–Crippen MR) is 279 cm³/mol. The van der Waals surface area contributed by atoms with Crippen molar-refractivity contribution in [2.45, 2.75) is 227 Å². The lowest BCUT2D eigenvalue weighted by Crippen LogP contribution is -2.68. The van der Waals surface area contributed by atoms with Gasteiger partial charge in [-0.1, -0.05) is 0 Å². The Kier molecular flexibility index (Phi) is 26.0. The highest BCUT2D eigenvalue weighted by Gasteiger charge is 2.59. The monoisotopic (exact) mass is 1320 g/mol. The molecule has 0 aromatic rings. The van der Waals surface area contributed by atoms with E-state index in [-0.39, 0.29) is 23.0 Å². The van der Waals surface area contributed by atoms with Gasteiger partial charge in [-0.25, -0.2) is 0 Å². The van der Waals surface area contributed by atoms with Crippen LogP contribution in [-0.4, -0.2) is 391 Å². The van der Waals surface area contributed by atoms with Gasteiger partial charge in [-0.3, -0.25) is 9.59 Å². The second-order valence-electron chi connectivity index (χ2n) is 22.1. The third-order valence-electron chi connectivity index (χ3n) is 16.1. The van der Waals surface area contributed by atoms with Crippen molar-refractivity contribution in [3.05, 3.63) is 0 Å². The lowest BCUT2D eigenvalue weighted by Gasteiger charge is -2.50. The van der Waals surface area contributed by atoms with Crippen molar-refractivity contribution in [2.75, 3.05) is 56.0 Å². The molecule has 14 bridgehead atoms. The molecule has 19 unspecified atom stereocenters. The normalized spacial score (nSPS) is 49.7. The molecule has 510 valence electrons. The molecule has 36 atom stereocenters. The maximum Gasteiger partial charge on any atom is 0.321 e. The van der Waals surface area contributed by atoms with Gasteiger partial charge in [0.25, 0.3) is 0 Å². The van der Waals surface area contributed by atoms with Crippen molar-refractivity contribution in [1.29, 1.82) is 0 Å². The number of carboxylic acid groups (broad SMARTS) is 2. The molecule has 21 aliphatic rings. The Hall–Kier alpha value is -1.72. The van der Waals surface area contributed by atoms with Crippen LogP contribution in [0.3, 0.4) is 0 Å². The van der Waals surface area contributed by atoms with E-state index in [9.17, 15) is 112 Å². The highest BCUT2D eigenvalue weighted by atomic mass is 32.2. The first-order valence-corrected chi connectivity index (χ1v) is 30.3. The quantitative estimate of drug-likeness (QED) is 0.0724. The standard InChI is InChI=1S/C48H80N2O36S2/c49-11(40(69)70)7-87-9-20-14-1-13(56)42(79-20)81-34-15(2-51)75-44(29(64)23(34)58)83-36-17(4-53)76-46(30(65)24(36)59)84-37-18(5-54)78-47(32(67)26(37)61)86-39-21(10-88-8-12(50)41(71)72)80-48(33(68)27(39)62)85-38-19(6-55)77-45(31(66)25(38)60)82-35-16(3-52)74-43(73-14)28(63)22(35)57/h11-39,42-48,51-68H,1-10,49-50H2,(H,69,70)(H,71,72)/t11-,12?,13?,14+,15?,16?,17?,18?,19?,20?,21?,22?,23?,24?,25?,26-,27-,28?,29?,30?,31?,32?,33?,34-,35-,36-,37-,38-,39-,42+,43-,44-,45+,46-,47-,48-/m1/s1. The summed E-state index contributed by atoms with van der Waals surface area (Å²) in [6, 6.07) is -2.86. The molecule has 40 heteroatoms. The third-order valence-corrected chi connectivity index (χ3v) is 18.4. The van der Waals surface area contributed by atoms with Crippen LogP contribution >= 0.6 is 23.5 Å². The van der Waals surface area contributed by atoms with Crippen LogP contribution in [0.1, 0.15) is 6.42 Å². The average Bonchev–Trinajstić information content (AvgIpc) is 1.61. The van der Waals surface area contributed by atoms with Crippen LogP contribution in [0.4, 0.5) is 0 Å². The van der Waals surface area contributed by atoms with Crippen LogP contribution in [0, 0.1) is 0 Å². The Balaban J connectivity index is 1.10. The van der Waals surface area contributed by atoms with Crippen molar-refractivity contribution in [3.63, 3.8) is 0 Å². The molecule has 21 rings (SSSR count). The zero-order valence-electron chi connectivity index (χ0n) is 46.3. The fourth-order valence-electron chi connectivity index (χ4n) is 11.1. The minimum atomic E-state index is -2.24. The number of aliphatic carboxylic acids is 2. The molecular formula is C48H80N2O36S2. The Morgan fingerprint density at radius 2 is 0.557 bits per heavy atom. The lowest BCUT2D eigenvalue weighted by molar-refractivity contribution is -0.394. The van der Waals surface area contributed by atoms with Gasteiger partial charge in [-0.2, -0.15) is 23.5 Å². The van der Waals surface area contributed by atoms with Gasteiger partial charge in [0, 0.05) is 29.4 Å². The minimum Gasteiger partial charge on any atom is -0.480 e. The van der Waals surface area contributed by atoms with Gasteiger partial charge in [-0.05, 0) is 0 Å². The molecule has 38 nitrogen and oxygen atoms in total. The van der Waals surface area contributed by atoms with Crippen LogP contribution in [0.5, 0.6) is 0 Å². The molecule has 0 aromatic heterocycles. The summed E-state index contributed by atoms with van der Waals surface area (Å²) < 4.78 is 82.2. The Morgan fingerprint density at radius 3 is 0.830 bits per heavy atom. The van der Waals surface area contributed by atoms with Crippen LogP contribution in [0.2, 0.25) is 0 Å². The molecule has 88 heavy (non-hydrogen) atoms. The van der Waals surface area contributed by atoms with Crippen molar-refractivity contribution in [3.8, 4) is 0 Å². The molecule has 21 fully saturated rings. The number of thioether (sulfide) groups is 2. The van der Waals surface area contributed by atoms with Crippen molar-refractivity contribution < 1.29 is 178 Å². The smallest absolute Gasteiger partial charge is 0.321 e. The summed E-state index contributed by atoms with van der Waals surface area (Å²) in [5.41, 5.74) is 11.4. The van der Waals surface area contributed by atoms with Gasteiger partial charge in [0.05, 0.1) is 51.3 Å². The number of rotatable bonds is 15. The summed E-state index contributed by atoms with van der Waals surface area (Å²) in [6.45, 7) is -5.23. The molecule has 21 aliphatic heterocycles. The molecule has 0 spiro atoms. The van der Waals surface area contributed by atoms with E-state index >= 15 is 0 Å². The van der Waals surface area contributed by atoms with E-state index in [0.29, 0.717) is 0 Å². The van der Waals surface area contributed by atoms with Gasteiger partial charge in [0.2, 0.25) is 0 Å². The number of hydrogen-bond donors (Lipinski definition) is 22. The molecular weight excluding hydrogens is 1240 g/mol. The summed E-state index contributed by atoms with van der Waals surface area (Å²) in [5.74, 6) is -3.92. The molecule has 0 radical (unpaired) electrons. The largest absolute Gasteiger partial charge is 0.480 e. The summed E-state index contributed by atoms with van der Waals surface area (Å²) >= 11 is 1.72. The fourth-order valence-corrected chi connectivity index (χ4v) is 13.2. The van der Waals surface area contributed by atoms with Crippen LogP contribution in [0.25, 0.3) is 0 Å². The highest BCUT2D eigenvalue weighted by Crippen LogP contribution is 2.39. The molecule has 21 heterocycles. The first-order valence-electron chi connectivity index (χ1n) is 27.9. The lowest BCUT2D eigenvalue weighted by atomic mass is 9.95. The number of carbonyl (C=O) groups is 2. The van der Waals surface area contributed by atoms with E-state index in [1.54, 1.807) is 0 Å². The van der Waals surface area contributed by atoms with Gasteiger partial charge in [0.1, 0.15) is 159 Å².